The molecule has 3 amide bonds. The van der Waals surface area contributed by atoms with Gasteiger partial charge in [-0.3, -0.25) is 19.3 Å². The third kappa shape index (κ3) is 3.36. The van der Waals surface area contributed by atoms with E-state index in [0.29, 0.717) is 30.6 Å². The monoisotopic (exact) mass is 374 g/mol. The lowest BCUT2D eigenvalue weighted by Crippen LogP contribution is -2.31. The Balaban J connectivity index is 1.52. The molecule has 1 saturated heterocycles. The summed E-state index contributed by atoms with van der Waals surface area (Å²) in [6.07, 6.45) is 3.28. The van der Waals surface area contributed by atoms with E-state index in [1.54, 1.807) is 24.3 Å². The maximum absolute atomic E-state index is 12.9. The highest BCUT2D eigenvalue weighted by Crippen LogP contribution is 2.39. The number of imide groups is 1. The maximum Gasteiger partial charge on any atom is 0.251 e. The van der Waals surface area contributed by atoms with Gasteiger partial charge in [-0.05, 0) is 43.5 Å². The number of hydrogen-bond donors (Lipinski definition) is 1. The summed E-state index contributed by atoms with van der Waals surface area (Å²) in [5.41, 5.74) is 3.05. The minimum absolute atomic E-state index is 0.163. The summed E-state index contributed by atoms with van der Waals surface area (Å²) in [6.45, 7) is 2.41. The number of hydrogen-bond acceptors (Lipinski definition) is 3. The second-order valence-corrected chi connectivity index (χ2v) is 7.43. The van der Waals surface area contributed by atoms with E-state index in [-0.39, 0.29) is 29.6 Å². The Hall–Kier alpha value is -3.21. The number of nitrogens with zero attached hydrogens (tertiary/aromatic N) is 1. The first-order valence-corrected chi connectivity index (χ1v) is 9.50. The van der Waals surface area contributed by atoms with Gasteiger partial charge in [0, 0.05) is 12.1 Å². The van der Waals surface area contributed by atoms with Crippen molar-refractivity contribution in [1.29, 1.82) is 0 Å². The standard InChI is InChI=1S/C23H22N2O3/c1-15-10-11-19-20(12-15)23(28)25(22(19)27)18-9-5-8-17(13-18)21(26)24-14-16-6-3-2-4-7-16/h2-10,13,19-20H,11-12,14H2,1H3,(H,24,26)/t19-,20+/m0/s1. The minimum atomic E-state index is -0.285. The summed E-state index contributed by atoms with van der Waals surface area (Å²) in [5.74, 6) is -1.13. The molecule has 5 nitrogen and oxygen atoms in total. The van der Waals surface area contributed by atoms with E-state index in [1.807, 2.05) is 43.3 Å². The van der Waals surface area contributed by atoms with Crippen LogP contribution in [0.4, 0.5) is 5.69 Å². The van der Waals surface area contributed by atoms with Crippen molar-refractivity contribution in [1.82, 2.24) is 5.32 Å². The van der Waals surface area contributed by atoms with Gasteiger partial charge in [0.2, 0.25) is 11.8 Å². The lowest BCUT2D eigenvalue weighted by atomic mass is 9.82. The first-order chi connectivity index (χ1) is 13.5. The van der Waals surface area contributed by atoms with Crippen molar-refractivity contribution in [3.8, 4) is 0 Å². The molecule has 1 aliphatic carbocycles. The van der Waals surface area contributed by atoms with Gasteiger partial charge in [0.15, 0.2) is 0 Å². The molecule has 0 radical (unpaired) electrons. The van der Waals surface area contributed by atoms with E-state index in [1.165, 1.54) is 4.90 Å². The molecule has 4 rings (SSSR count). The fourth-order valence-electron chi connectivity index (χ4n) is 3.96. The Morgan fingerprint density at radius 1 is 1.04 bits per heavy atom. The quantitative estimate of drug-likeness (QED) is 0.658. The van der Waals surface area contributed by atoms with Crippen LogP contribution in [0.15, 0.2) is 66.2 Å². The average molecular weight is 374 g/mol. The molecule has 0 spiro atoms. The Kier molecular flexibility index (Phi) is 4.82. The molecule has 2 aliphatic rings. The molecule has 0 aromatic heterocycles. The summed E-state index contributed by atoms with van der Waals surface area (Å²) in [4.78, 5) is 39.5. The van der Waals surface area contributed by atoms with Crippen LogP contribution in [0.25, 0.3) is 0 Å². The van der Waals surface area contributed by atoms with Crippen molar-refractivity contribution in [2.75, 3.05) is 4.90 Å². The smallest absolute Gasteiger partial charge is 0.251 e. The van der Waals surface area contributed by atoms with Crippen LogP contribution in [-0.4, -0.2) is 17.7 Å². The number of fused-ring (bicyclic) bond motifs is 1. The van der Waals surface area contributed by atoms with Crippen molar-refractivity contribution in [2.24, 2.45) is 11.8 Å². The third-order valence-electron chi connectivity index (χ3n) is 5.49. The number of benzene rings is 2. The van der Waals surface area contributed by atoms with Crippen LogP contribution >= 0.6 is 0 Å². The highest BCUT2D eigenvalue weighted by molar-refractivity contribution is 6.22. The van der Waals surface area contributed by atoms with Gasteiger partial charge < -0.3 is 5.32 Å². The van der Waals surface area contributed by atoms with Crippen LogP contribution in [0.1, 0.15) is 35.7 Å². The Bertz CT molecular complexity index is 965. The van der Waals surface area contributed by atoms with Crippen LogP contribution in [0.5, 0.6) is 0 Å². The maximum atomic E-state index is 12.9. The Labute approximate surface area is 164 Å². The highest BCUT2D eigenvalue weighted by Gasteiger charge is 2.48. The van der Waals surface area contributed by atoms with Gasteiger partial charge >= 0.3 is 0 Å². The molecular formula is C23H22N2O3. The lowest BCUT2D eigenvalue weighted by molar-refractivity contribution is -0.122. The zero-order chi connectivity index (χ0) is 19.7. The molecule has 0 unspecified atom stereocenters. The van der Waals surface area contributed by atoms with Gasteiger partial charge in [-0.25, -0.2) is 0 Å². The zero-order valence-electron chi connectivity index (χ0n) is 15.7. The average Bonchev–Trinajstić information content (AvgIpc) is 2.96. The molecular weight excluding hydrogens is 352 g/mol. The normalized spacial score (nSPS) is 21.3. The van der Waals surface area contributed by atoms with Crippen molar-refractivity contribution in [3.63, 3.8) is 0 Å². The van der Waals surface area contributed by atoms with E-state index < -0.39 is 0 Å². The second-order valence-electron chi connectivity index (χ2n) is 7.43. The summed E-state index contributed by atoms with van der Waals surface area (Å²) >= 11 is 0. The second kappa shape index (κ2) is 7.43. The van der Waals surface area contributed by atoms with Gasteiger partial charge in [-0.1, -0.05) is 48.0 Å². The molecule has 1 aliphatic heterocycles. The zero-order valence-corrected chi connectivity index (χ0v) is 15.7. The van der Waals surface area contributed by atoms with Gasteiger partial charge in [-0.15, -0.1) is 0 Å². The number of amides is 3. The van der Waals surface area contributed by atoms with E-state index in [9.17, 15) is 14.4 Å². The van der Waals surface area contributed by atoms with Crippen molar-refractivity contribution in [3.05, 3.63) is 77.4 Å². The summed E-state index contributed by atoms with van der Waals surface area (Å²) < 4.78 is 0. The van der Waals surface area contributed by atoms with Gasteiger partial charge in [0.05, 0.1) is 17.5 Å². The fraction of sp³-hybridized carbons (Fsp3) is 0.261. The third-order valence-corrected chi connectivity index (χ3v) is 5.49. The van der Waals surface area contributed by atoms with Crippen molar-refractivity contribution in [2.45, 2.75) is 26.3 Å². The lowest BCUT2D eigenvalue weighted by Gasteiger charge is -2.18. The molecule has 1 N–H and O–H groups in total. The van der Waals surface area contributed by atoms with Gasteiger partial charge in [0.25, 0.3) is 5.91 Å². The summed E-state index contributed by atoms with van der Waals surface area (Å²) in [5, 5.41) is 2.88. The number of carbonyl (C=O) groups is 3. The van der Waals surface area contributed by atoms with Crippen molar-refractivity contribution >= 4 is 23.4 Å². The van der Waals surface area contributed by atoms with Crippen LogP contribution in [-0.2, 0) is 16.1 Å². The van der Waals surface area contributed by atoms with Crippen LogP contribution in [0.3, 0.4) is 0 Å². The molecule has 1 heterocycles. The van der Waals surface area contributed by atoms with E-state index in [0.717, 1.165) is 11.1 Å². The van der Waals surface area contributed by atoms with Crippen LogP contribution in [0.2, 0.25) is 0 Å². The first-order valence-electron chi connectivity index (χ1n) is 9.50. The fourth-order valence-corrected chi connectivity index (χ4v) is 3.96. The number of rotatable bonds is 4. The van der Waals surface area contributed by atoms with Gasteiger partial charge in [0.1, 0.15) is 0 Å². The number of carbonyl (C=O) groups excluding carboxylic acids is 3. The largest absolute Gasteiger partial charge is 0.348 e. The van der Waals surface area contributed by atoms with E-state index in [4.69, 9.17) is 0 Å². The first kappa shape index (κ1) is 18.2. The Morgan fingerprint density at radius 3 is 2.57 bits per heavy atom. The van der Waals surface area contributed by atoms with Crippen LogP contribution < -0.4 is 10.2 Å². The number of allylic oxidation sites excluding steroid dienone is 2. The molecule has 0 saturated carbocycles. The van der Waals surface area contributed by atoms with Crippen molar-refractivity contribution < 1.29 is 14.4 Å². The molecule has 0 bridgehead atoms. The van der Waals surface area contributed by atoms with E-state index in [2.05, 4.69) is 5.32 Å². The molecule has 2 atom stereocenters. The molecule has 2 aromatic carbocycles. The molecule has 2 aromatic rings. The molecule has 5 heteroatoms. The van der Waals surface area contributed by atoms with E-state index >= 15 is 0 Å². The summed E-state index contributed by atoms with van der Waals surface area (Å²) in [6, 6.07) is 16.4. The predicted molar refractivity (Wildman–Crippen MR) is 107 cm³/mol. The minimum Gasteiger partial charge on any atom is -0.348 e. The number of nitrogens with one attached hydrogen (secondary N) is 1. The Morgan fingerprint density at radius 2 is 1.79 bits per heavy atom. The number of anilines is 1. The van der Waals surface area contributed by atoms with Crippen LogP contribution in [0, 0.1) is 11.8 Å². The van der Waals surface area contributed by atoms with Gasteiger partial charge in [-0.2, -0.15) is 0 Å². The topological polar surface area (TPSA) is 66.5 Å². The molecule has 28 heavy (non-hydrogen) atoms. The highest BCUT2D eigenvalue weighted by atomic mass is 16.2. The SMILES string of the molecule is CC1=CC[C@@H]2C(=O)N(c3cccc(C(=O)NCc4ccccc4)c3)C(=O)[C@@H]2C1. The summed E-state index contributed by atoms with van der Waals surface area (Å²) in [7, 11) is 0. The predicted octanol–water partition coefficient (Wildman–Crippen LogP) is 3.46. The molecule has 1 fully saturated rings. The molecule has 142 valence electrons.